The molecule has 194 valence electrons. The standard InChI is InChI=1S/C22H22N6O7S2/c1-22(2,20(33)34)35-26-13(12-10-37-21(23)24-12)16(29)25-14-17(30)28-15(19(31)32)11(9-36-18(14)28)8-27-6-4-3-5-7-27/h3-7,9-10,14-15,18H,8H2,1-2H3,(H4-,23,24,25,29,31,32,33,34)/p+1. The minimum atomic E-state index is -1.75. The van der Waals surface area contributed by atoms with E-state index in [1.807, 2.05) is 18.2 Å². The molecule has 0 bridgehead atoms. The predicted molar refractivity (Wildman–Crippen MR) is 132 cm³/mol. The first-order chi connectivity index (χ1) is 17.5. The molecule has 37 heavy (non-hydrogen) atoms. The number of rotatable bonds is 9. The zero-order valence-electron chi connectivity index (χ0n) is 19.6. The molecule has 0 radical (unpaired) electrons. The van der Waals surface area contributed by atoms with Gasteiger partial charge in [-0.1, -0.05) is 11.2 Å². The van der Waals surface area contributed by atoms with Crippen molar-refractivity contribution >= 4 is 57.7 Å². The van der Waals surface area contributed by atoms with Crippen LogP contribution in [0.2, 0.25) is 0 Å². The Kier molecular flexibility index (Phi) is 7.18. The van der Waals surface area contributed by atoms with E-state index in [1.165, 1.54) is 35.9 Å². The maximum absolute atomic E-state index is 13.1. The van der Waals surface area contributed by atoms with Crippen molar-refractivity contribution in [2.24, 2.45) is 5.16 Å². The van der Waals surface area contributed by atoms with Crippen molar-refractivity contribution in [2.75, 3.05) is 5.73 Å². The molecule has 15 heteroatoms. The van der Waals surface area contributed by atoms with Gasteiger partial charge < -0.3 is 31.0 Å². The summed E-state index contributed by atoms with van der Waals surface area (Å²) < 4.78 is 1.80. The van der Waals surface area contributed by atoms with Crippen LogP contribution in [0.1, 0.15) is 19.5 Å². The lowest BCUT2D eigenvalue weighted by Gasteiger charge is -2.51. The summed E-state index contributed by atoms with van der Waals surface area (Å²) in [4.78, 5) is 59.9. The van der Waals surface area contributed by atoms with Gasteiger partial charge in [0.2, 0.25) is 11.5 Å². The van der Waals surface area contributed by atoms with Crippen LogP contribution in [0.15, 0.2) is 52.1 Å². The summed E-state index contributed by atoms with van der Waals surface area (Å²) in [7, 11) is 0. The first-order valence-electron chi connectivity index (χ1n) is 10.8. The van der Waals surface area contributed by atoms with Gasteiger partial charge in [-0.3, -0.25) is 9.59 Å². The largest absolute Gasteiger partial charge is 0.479 e. The van der Waals surface area contributed by atoms with E-state index in [0.29, 0.717) is 5.57 Å². The number of amides is 2. The zero-order valence-corrected chi connectivity index (χ0v) is 21.2. The molecule has 2 aromatic rings. The number of nitrogens with zero attached hydrogens (tertiary/aromatic N) is 4. The number of thioether (sulfide) groups is 1. The first kappa shape index (κ1) is 26.1. The van der Waals surface area contributed by atoms with Gasteiger partial charge in [-0.25, -0.2) is 19.1 Å². The van der Waals surface area contributed by atoms with E-state index in [0.717, 1.165) is 11.3 Å². The predicted octanol–water partition coefficient (Wildman–Crippen LogP) is 0.0339. The van der Waals surface area contributed by atoms with E-state index in [2.05, 4.69) is 15.5 Å². The molecule has 5 N–H and O–H groups in total. The number of β-lactam (4-membered cyclic amide) rings is 1. The molecular formula is C22H23N6O7S2+. The number of carbonyl (C=O) groups is 4. The molecule has 0 saturated carbocycles. The highest BCUT2D eigenvalue weighted by Gasteiger charge is 2.56. The summed E-state index contributed by atoms with van der Waals surface area (Å²) in [5.41, 5.74) is 4.10. The van der Waals surface area contributed by atoms with Crippen LogP contribution in [-0.4, -0.2) is 72.6 Å². The van der Waals surface area contributed by atoms with Gasteiger partial charge in [-0.2, -0.15) is 0 Å². The average Bonchev–Trinajstić information content (AvgIpc) is 3.28. The fraction of sp³-hybridized carbons (Fsp3) is 0.318. The summed E-state index contributed by atoms with van der Waals surface area (Å²) in [5, 5.41) is 28.0. The zero-order chi connectivity index (χ0) is 26.9. The van der Waals surface area contributed by atoms with Crippen molar-refractivity contribution in [2.45, 2.75) is 43.5 Å². The maximum atomic E-state index is 13.1. The molecule has 1 saturated heterocycles. The number of nitrogens with two attached hydrogens (primary N) is 1. The Morgan fingerprint density at radius 1 is 1.27 bits per heavy atom. The lowest BCUT2D eigenvalue weighted by molar-refractivity contribution is -0.689. The number of carboxylic acid groups (broad SMARTS) is 2. The minimum absolute atomic E-state index is 0.0339. The smallest absolute Gasteiger partial charge is 0.350 e. The highest BCUT2D eigenvalue weighted by atomic mass is 32.2. The van der Waals surface area contributed by atoms with Gasteiger partial charge in [0, 0.05) is 23.1 Å². The second-order valence-corrected chi connectivity index (χ2v) is 10.5. The average molecular weight is 548 g/mol. The van der Waals surface area contributed by atoms with E-state index >= 15 is 0 Å². The number of aromatic nitrogens is 2. The first-order valence-corrected chi connectivity index (χ1v) is 12.7. The Morgan fingerprint density at radius 2 is 1.97 bits per heavy atom. The number of hydrogen-bond donors (Lipinski definition) is 4. The van der Waals surface area contributed by atoms with Crippen molar-refractivity contribution < 1.29 is 38.8 Å². The molecule has 1 fully saturated rings. The number of carbonyl (C=O) groups excluding carboxylic acids is 2. The third-order valence-electron chi connectivity index (χ3n) is 5.59. The van der Waals surface area contributed by atoms with Crippen LogP contribution in [0.4, 0.5) is 5.13 Å². The van der Waals surface area contributed by atoms with Crippen molar-refractivity contribution in [3.8, 4) is 0 Å². The van der Waals surface area contributed by atoms with Crippen molar-refractivity contribution in [3.63, 3.8) is 0 Å². The van der Waals surface area contributed by atoms with Crippen molar-refractivity contribution in [1.29, 1.82) is 0 Å². The quantitative estimate of drug-likeness (QED) is 0.144. The van der Waals surface area contributed by atoms with Crippen LogP contribution < -0.4 is 15.6 Å². The van der Waals surface area contributed by atoms with Gasteiger partial charge in [-0.15, -0.1) is 23.1 Å². The Hall–Kier alpha value is -3.98. The van der Waals surface area contributed by atoms with Gasteiger partial charge in [0.1, 0.15) is 17.1 Å². The number of nitrogen functional groups attached to an aromatic ring is 1. The van der Waals surface area contributed by atoms with Crippen molar-refractivity contribution in [1.82, 2.24) is 15.2 Å². The van der Waals surface area contributed by atoms with E-state index in [9.17, 15) is 29.4 Å². The normalized spacial score (nSPS) is 21.4. The number of thiazole rings is 1. The molecule has 0 aliphatic carbocycles. The number of carboxylic acids is 2. The molecule has 2 aliphatic heterocycles. The Morgan fingerprint density at radius 3 is 2.57 bits per heavy atom. The highest BCUT2D eigenvalue weighted by molar-refractivity contribution is 8.02. The van der Waals surface area contributed by atoms with Crippen LogP contribution in [0.5, 0.6) is 0 Å². The fourth-order valence-electron chi connectivity index (χ4n) is 3.60. The fourth-order valence-corrected chi connectivity index (χ4v) is 5.36. The number of nitrogens with one attached hydrogen (secondary N) is 1. The molecule has 0 aromatic carbocycles. The van der Waals surface area contributed by atoms with Crippen LogP contribution in [0.25, 0.3) is 0 Å². The molecule has 3 atom stereocenters. The number of fused-ring (bicyclic) bond motifs is 1. The summed E-state index contributed by atoms with van der Waals surface area (Å²) in [5.74, 6) is -3.93. The summed E-state index contributed by atoms with van der Waals surface area (Å²) in [6.45, 7) is 2.77. The number of hydrogen-bond acceptors (Lipinski definition) is 10. The van der Waals surface area contributed by atoms with E-state index < -0.39 is 46.8 Å². The monoisotopic (exact) mass is 547 g/mol. The maximum Gasteiger partial charge on any atom is 0.350 e. The Labute approximate surface area is 218 Å². The number of oxime groups is 1. The lowest BCUT2D eigenvalue weighted by atomic mass is 9.97. The van der Waals surface area contributed by atoms with Crippen molar-refractivity contribution in [3.05, 3.63) is 52.6 Å². The van der Waals surface area contributed by atoms with Gasteiger partial charge in [0.05, 0.1) is 0 Å². The highest BCUT2D eigenvalue weighted by Crippen LogP contribution is 2.40. The van der Waals surface area contributed by atoms with E-state index in [-0.39, 0.29) is 23.1 Å². The second kappa shape index (κ2) is 10.2. The second-order valence-electron chi connectivity index (χ2n) is 8.62. The minimum Gasteiger partial charge on any atom is -0.479 e. The summed E-state index contributed by atoms with van der Waals surface area (Å²) in [6, 6.07) is 3.22. The van der Waals surface area contributed by atoms with E-state index in [1.54, 1.807) is 22.4 Å². The summed E-state index contributed by atoms with van der Waals surface area (Å²) >= 11 is 2.25. The SMILES string of the molecule is CC(C)(ON=C(C(=O)NC1C(=O)N2C(C(=O)O)C(C[n+]3ccccc3)=CSC12)c1csc(N)n1)C(=O)O. The molecule has 2 aliphatic rings. The molecule has 4 rings (SSSR count). The summed E-state index contributed by atoms with van der Waals surface area (Å²) in [6.07, 6.45) is 3.58. The molecule has 2 amide bonds. The molecular weight excluding hydrogens is 524 g/mol. The Balaban J connectivity index is 1.54. The van der Waals surface area contributed by atoms with Gasteiger partial charge in [0.25, 0.3) is 5.91 Å². The number of anilines is 1. The molecule has 4 heterocycles. The molecule has 3 unspecified atom stereocenters. The molecule has 0 spiro atoms. The van der Waals surface area contributed by atoms with Gasteiger partial charge in [-0.05, 0) is 19.3 Å². The van der Waals surface area contributed by atoms with Gasteiger partial charge in [0.15, 0.2) is 35.8 Å². The molecule has 13 nitrogen and oxygen atoms in total. The third-order valence-corrected chi connectivity index (χ3v) is 7.48. The number of aliphatic carboxylic acids is 2. The molecule has 2 aromatic heterocycles. The van der Waals surface area contributed by atoms with Crippen LogP contribution in [0.3, 0.4) is 0 Å². The van der Waals surface area contributed by atoms with Crippen LogP contribution >= 0.6 is 23.1 Å². The Bertz CT molecular complexity index is 1310. The van der Waals surface area contributed by atoms with E-state index in [4.69, 9.17) is 10.6 Å². The van der Waals surface area contributed by atoms with Crippen LogP contribution in [-0.2, 0) is 30.6 Å². The topological polar surface area (TPSA) is 188 Å². The van der Waals surface area contributed by atoms with Gasteiger partial charge >= 0.3 is 11.9 Å². The van der Waals surface area contributed by atoms with Crippen LogP contribution in [0, 0.1) is 0 Å². The third kappa shape index (κ3) is 5.27. The number of pyridine rings is 1. The lowest BCUT2D eigenvalue weighted by Crippen LogP contribution is -2.74.